The van der Waals surface area contributed by atoms with Crippen molar-refractivity contribution in [3.05, 3.63) is 41.5 Å². The molecule has 1 aromatic heterocycles. The number of aryl methyl sites for hydroxylation is 1. The van der Waals surface area contributed by atoms with Gasteiger partial charge < -0.3 is 9.73 Å². The molecule has 96 valence electrons. The highest BCUT2D eigenvalue weighted by molar-refractivity contribution is 5.58. The lowest BCUT2D eigenvalue weighted by Crippen LogP contribution is -2.13. The van der Waals surface area contributed by atoms with Gasteiger partial charge in [-0.05, 0) is 37.6 Å². The maximum Gasteiger partial charge on any atom is 0.226 e. The van der Waals surface area contributed by atoms with Crippen molar-refractivity contribution < 1.29 is 8.81 Å². The van der Waals surface area contributed by atoms with Crippen LogP contribution in [0.2, 0.25) is 0 Å². The molecule has 0 aliphatic carbocycles. The van der Waals surface area contributed by atoms with Gasteiger partial charge in [-0.15, -0.1) is 0 Å². The monoisotopic (exact) mass is 248 g/mol. The van der Waals surface area contributed by atoms with Crippen molar-refractivity contribution in [3.8, 4) is 11.5 Å². The average Bonchev–Trinajstić information content (AvgIpc) is 2.81. The van der Waals surface area contributed by atoms with Gasteiger partial charge in [0.2, 0.25) is 5.89 Å². The van der Waals surface area contributed by atoms with Crippen LogP contribution in [0.15, 0.2) is 28.9 Å². The summed E-state index contributed by atoms with van der Waals surface area (Å²) >= 11 is 0. The number of hydrogen-bond donors (Lipinski definition) is 1. The molecular formula is C14H17FN2O. The van der Waals surface area contributed by atoms with E-state index < -0.39 is 0 Å². The van der Waals surface area contributed by atoms with E-state index in [2.05, 4.69) is 17.2 Å². The third-order valence-corrected chi connectivity index (χ3v) is 2.71. The van der Waals surface area contributed by atoms with Crippen molar-refractivity contribution in [2.45, 2.75) is 26.8 Å². The maximum absolute atomic E-state index is 13.2. The number of benzene rings is 1. The van der Waals surface area contributed by atoms with Gasteiger partial charge in [-0.3, -0.25) is 0 Å². The highest BCUT2D eigenvalue weighted by Gasteiger charge is 2.10. The SMILES string of the molecule is CCCNCc1coc(-c2cc(F)ccc2C)n1. The minimum absolute atomic E-state index is 0.278. The van der Waals surface area contributed by atoms with Crippen molar-refractivity contribution in [1.82, 2.24) is 10.3 Å². The molecule has 18 heavy (non-hydrogen) atoms. The molecule has 1 heterocycles. The van der Waals surface area contributed by atoms with Crippen LogP contribution in [-0.4, -0.2) is 11.5 Å². The lowest BCUT2D eigenvalue weighted by molar-refractivity contribution is 0.567. The van der Waals surface area contributed by atoms with E-state index in [1.807, 2.05) is 6.92 Å². The number of rotatable bonds is 5. The fourth-order valence-corrected chi connectivity index (χ4v) is 1.73. The van der Waals surface area contributed by atoms with Crippen LogP contribution in [0, 0.1) is 12.7 Å². The molecule has 2 rings (SSSR count). The molecule has 1 aromatic carbocycles. The minimum Gasteiger partial charge on any atom is -0.444 e. The maximum atomic E-state index is 13.2. The number of oxazole rings is 1. The second-order valence-corrected chi connectivity index (χ2v) is 4.28. The van der Waals surface area contributed by atoms with E-state index in [4.69, 9.17) is 4.42 Å². The third-order valence-electron chi connectivity index (χ3n) is 2.71. The molecule has 0 radical (unpaired) electrons. The average molecular weight is 248 g/mol. The molecule has 3 nitrogen and oxygen atoms in total. The molecule has 0 saturated heterocycles. The Labute approximate surface area is 106 Å². The van der Waals surface area contributed by atoms with Crippen LogP contribution in [0.3, 0.4) is 0 Å². The Balaban J connectivity index is 2.16. The Morgan fingerprint density at radius 1 is 1.39 bits per heavy atom. The highest BCUT2D eigenvalue weighted by atomic mass is 19.1. The normalized spacial score (nSPS) is 10.8. The first-order valence-electron chi connectivity index (χ1n) is 6.12. The fourth-order valence-electron chi connectivity index (χ4n) is 1.73. The third kappa shape index (κ3) is 2.96. The zero-order valence-electron chi connectivity index (χ0n) is 10.7. The predicted molar refractivity (Wildman–Crippen MR) is 68.6 cm³/mol. The van der Waals surface area contributed by atoms with Crippen LogP contribution in [-0.2, 0) is 6.54 Å². The Bertz CT molecular complexity index is 522. The van der Waals surface area contributed by atoms with E-state index >= 15 is 0 Å². The van der Waals surface area contributed by atoms with Gasteiger partial charge >= 0.3 is 0 Å². The molecule has 0 aliphatic heterocycles. The van der Waals surface area contributed by atoms with Gasteiger partial charge in [-0.25, -0.2) is 9.37 Å². The van der Waals surface area contributed by atoms with Gasteiger partial charge in [0.15, 0.2) is 0 Å². The Morgan fingerprint density at radius 2 is 2.22 bits per heavy atom. The van der Waals surface area contributed by atoms with E-state index in [9.17, 15) is 4.39 Å². The summed E-state index contributed by atoms with van der Waals surface area (Å²) in [6.45, 7) is 5.64. The summed E-state index contributed by atoms with van der Waals surface area (Å²) in [5.74, 6) is 0.194. The van der Waals surface area contributed by atoms with Crippen LogP contribution in [0.5, 0.6) is 0 Å². The van der Waals surface area contributed by atoms with Gasteiger partial charge in [-0.2, -0.15) is 0 Å². The highest BCUT2D eigenvalue weighted by Crippen LogP contribution is 2.23. The first-order chi connectivity index (χ1) is 8.70. The van der Waals surface area contributed by atoms with Crippen molar-refractivity contribution in [3.63, 3.8) is 0 Å². The summed E-state index contributed by atoms with van der Waals surface area (Å²) in [4.78, 5) is 4.36. The summed E-state index contributed by atoms with van der Waals surface area (Å²) in [5.41, 5.74) is 2.49. The number of nitrogens with one attached hydrogen (secondary N) is 1. The van der Waals surface area contributed by atoms with Crippen LogP contribution in [0.4, 0.5) is 4.39 Å². The van der Waals surface area contributed by atoms with Crippen molar-refractivity contribution in [2.24, 2.45) is 0 Å². The summed E-state index contributed by atoms with van der Waals surface area (Å²) in [5, 5.41) is 3.25. The Morgan fingerprint density at radius 3 is 3.00 bits per heavy atom. The van der Waals surface area contributed by atoms with Crippen LogP contribution < -0.4 is 5.32 Å². The van der Waals surface area contributed by atoms with Gasteiger partial charge in [0.1, 0.15) is 12.1 Å². The smallest absolute Gasteiger partial charge is 0.226 e. The fraction of sp³-hybridized carbons (Fsp3) is 0.357. The number of hydrogen-bond acceptors (Lipinski definition) is 3. The largest absolute Gasteiger partial charge is 0.444 e. The van der Waals surface area contributed by atoms with Gasteiger partial charge in [-0.1, -0.05) is 13.0 Å². The van der Waals surface area contributed by atoms with Crippen molar-refractivity contribution in [2.75, 3.05) is 6.54 Å². The second-order valence-electron chi connectivity index (χ2n) is 4.28. The van der Waals surface area contributed by atoms with E-state index in [1.54, 1.807) is 12.3 Å². The van der Waals surface area contributed by atoms with Crippen molar-refractivity contribution >= 4 is 0 Å². The summed E-state index contributed by atoms with van der Waals surface area (Å²) in [6, 6.07) is 4.61. The molecule has 0 amide bonds. The summed E-state index contributed by atoms with van der Waals surface area (Å²) in [6.07, 6.45) is 2.69. The van der Waals surface area contributed by atoms with Crippen LogP contribution in [0.1, 0.15) is 24.6 Å². The summed E-state index contributed by atoms with van der Waals surface area (Å²) in [7, 11) is 0. The standard InChI is InChI=1S/C14H17FN2O/c1-3-6-16-8-12-9-18-14(17-12)13-7-11(15)5-4-10(13)2/h4-5,7,9,16H,3,6,8H2,1-2H3. The zero-order valence-corrected chi connectivity index (χ0v) is 10.7. The van der Waals surface area contributed by atoms with E-state index in [1.165, 1.54) is 12.1 Å². The molecule has 0 unspecified atom stereocenters. The molecule has 0 fully saturated rings. The lowest BCUT2D eigenvalue weighted by Gasteiger charge is -2.01. The topological polar surface area (TPSA) is 38.1 Å². The molecule has 0 atom stereocenters. The Hall–Kier alpha value is -1.68. The zero-order chi connectivity index (χ0) is 13.0. The number of nitrogens with zero attached hydrogens (tertiary/aromatic N) is 1. The van der Waals surface area contributed by atoms with Crippen LogP contribution >= 0.6 is 0 Å². The predicted octanol–water partition coefficient (Wildman–Crippen LogP) is 3.29. The van der Waals surface area contributed by atoms with E-state index in [-0.39, 0.29) is 5.82 Å². The Kier molecular flexibility index (Phi) is 4.10. The van der Waals surface area contributed by atoms with E-state index in [0.717, 1.165) is 24.2 Å². The number of aromatic nitrogens is 1. The molecule has 0 spiro atoms. The van der Waals surface area contributed by atoms with Gasteiger partial charge in [0, 0.05) is 12.1 Å². The second kappa shape index (κ2) is 5.78. The molecule has 0 aliphatic rings. The first-order valence-corrected chi connectivity index (χ1v) is 6.12. The molecule has 0 saturated carbocycles. The number of halogens is 1. The quantitative estimate of drug-likeness (QED) is 0.825. The van der Waals surface area contributed by atoms with Crippen LogP contribution in [0.25, 0.3) is 11.5 Å². The van der Waals surface area contributed by atoms with Gasteiger partial charge in [0.05, 0.1) is 5.69 Å². The lowest BCUT2D eigenvalue weighted by atomic mass is 10.1. The van der Waals surface area contributed by atoms with Gasteiger partial charge in [0.25, 0.3) is 0 Å². The minimum atomic E-state index is -0.278. The molecule has 2 aromatic rings. The van der Waals surface area contributed by atoms with E-state index in [0.29, 0.717) is 18.0 Å². The molecule has 0 bridgehead atoms. The van der Waals surface area contributed by atoms with Crippen molar-refractivity contribution in [1.29, 1.82) is 0 Å². The first kappa shape index (κ1) is 12.8. The molecular weight excluding hydrogens is 231 g/mol. The summed E-state index contributed by atoms with van der Waals surface area (Å²) < 4.78 is 18.6. The molecule has 1 N–H and O–H groups in total. The molecule has 4 heteroatoms.